The van der Waals surface area contributed by atoms with Crippen LogP contribution in [0.4, 0.5) is 4.39 Å². The molecule has 0 bridgehead atoms. The van der Waals surface area contributed by atoms with E-state index in [1.165, 1.54) is 12.8 Å². The van der Waals surface area contributed by atoms with Crippen molar-refractivity contribution >= 4 is 0 Å². The summed E-state index contributed by atoms with van der Waals surface area (Å²) in [4.78, 5) is 0. The lowest BCUT2D eigenvalue weighted by atomic mass is 10.0. The van der Waals surface area contributed by atoms with Crippen LogP contribution in [0.15, 0.2) is 18.2 Å². The lowest BCUT2D eigenvalue weighted by Crippen LogP contribution is -2.25. The Morgan fingerprint density at radius 3 is 2.94 bits per heavy atom. The molecule has 1 aromatic rings. The quantitative estimate of drug-likeness (QED) is 0.873. The summed E-state index contributed by atoms with van der Waals surface area (Å²) in [6.45, 7) is 2.30. The molecule has 0 amide bonds. The van der Waals surface area contributed by atoms with Gasteiger partial charge in [0.05, 0.1) is 6.61 Å². The van der Waals surface area contributed by atoms with Gasteiger partial charge in [0.2, 0.25) is 0 Å². The molecule has 1 aromatic carbocycles. The third-order valence-electron chi connectivity index (χ3n) is 3.62. The highest BCUT2D eigenvalue weighted by Gasteiger charge is 2.23. The number of hydrogen-bond acceptors (Lipinski definition) is 2. The van der Waals surface area contributed by atoms with Crippen molar-refractivity contribution in [2.45, 2.75) is 38.6 Å². The Labute approximate surface area is 102 Å². The molecule has 1 aliphatic carbocycles. The number of aryl methyl sites for hydroxylation is 1. The van der Waals surface area contributed by atoms with Crippen LogP contribution in [-0.4, -0.2) is 12.6 Å². The molecule has 94 valence electrons. The molecule has 0 aromatic heterocycles. The first kappa shape index (κ1) is 12.4. The van der Waals surface area contributed by atoms with Crippen LogP contribution < -0.4 is 10.5 Å². The second-order valence-corrected chi connectivity index (χ2v) is 4.88. The number of benzene rings is 1. The number of nitrogens with two attached hydrogens (primary N) is 1. The fourth-order valence-electron chi connectivity index (χ4n) is 2.48. The van der Waals surface area contributed by atoms with Gasteiger partial charge >= 0.3 is 0 Å². The minimum Gasteiger partial charge on any atom is -0.490 e. The van der Waals surface area contributed by atoms with Crippen molar-refractivity contribution in [3.63, 3.8) is 0 Å². The van der Waals surface area contributed by atoms with Crippen LogP contribution in [-0.2, 0) is 0 Å². The maximum absolute atomic E-state index is 13.6. The molecular weight excluding hydrogens is 217 g/mol. The van der Waals surface area contributed by atoms with Crippen molar-refractivity contribution in [2.75, 3.05) is 6.61 Å². The molecule has 2 unspecified atom stereocenters. The molecule has 1 saturated carbocycles. The average molecular weight is 237 g/mol. The summed E-state index contributed by atoms with van der Waals surface area (Å²) in [7, 11) is 0. The normalized spacial score (nSPS) is 23.9. The summed E-state index contributed by atoms with van der Waals surface area (Å²) < 4.78 is 19.1. The molecule has 0 spiro atoms. The lowest BCUT2D eigenvalue weighted by Gasteiger charge is -2.15. The van der Waals surface area contributed by atoms with Crippen LogP contribution in [0.1, 0.15) is 31.2 Å². The Hall–Kier alpha value is -1.09. The zero-order chi connectivity index (χ0) is 12.3. The third-order valence-corrected chi connectivity index (χ3v) is 3.62. The van der Waals surface area contributed by atoms with Gasteiger partial charge in [-0.2, -0.15) is 0 Å². The first-order chi connectivity index (χ1) is 8.18. The van der Waals surface area contributed by atoms with E-state index in [2.05, 4.69) is 0 Å². The minimum absolute atomic E-state index is 0.247. The molecule has 2 rings (SSSR count). The summed E-state index contributed by atoms with van der Waals surface area (Å²) in [6.07, 6.45) is 4.43. The van der Waals surface area contributed by atoms with E-state index in [-0.39, 0.29) is 5.82 Å². The molecule has 17 heavy (non-hydrogen) atoms. The molecule has 0 aliphatic heterocycles. The first-order valence-corrected chi connectivity index (χ1v) is 6.32. The summed E-state index contributed by atoms with van der Waals surface area (Å²) >= 11 is 0. The predicted molar refractivity (Wildman–Crippen MR) is 66.6 cm³/mol. The van der Waals surface area contributed by atoms with Gasteiger partial charge in [-0.3, -0.25) is 0 Å². The van der Waals surface area contributed by atoms with E-state index >= 15 is 0 Å². The third kappa shape index (κ3) is 2.97. The Kier molecular flexibility index (Phi) is 4.00. The van der Waals surface area contributed by atoms with Gasteiger partial charge in [-0.25, -0.2) is 4.39 Å². The largest absolute Gasteiger partial charge is 0.490 e. The van der Waals surface area contributed by atoms with Crippen LogP contribution in [0.5, 0.6) is 5.75 Å². The van der Waals surface area contributed by atoms with Crippen molar-refractivity contribution in [2.24, 2.45) is 11.7 Å². The van der Waals surface area contributed by atoms with Gasteiger partial charge in [-0.15, -0.1) is 0 Å². The average Bonchev–Trinajstić information content (AvgIpc) is 2.71. The number of halogens is 1. The predicted octanol–water partition coefficient (Wildman–Crippen LogP) is 3.03. The summed E-state index contributed by atoms with van der Waals surface area (Å²) in [5, 5.41) is 0. The summed E-state index contributed by atoms with van der Waals surface area (Å²) in [6, 6.07) is 5.54. The van der Waals surface area contributed by atoms with Crippen molar-refractivity contribution in [3.8, 4) is 5.75 Å². The maximum atomic E-state index is 13.6. The molecule has 1 fully saturated rings. The molecule has 2 N–H and O–H groups in total. The van der Waals surface area contributed by atoms with E-state index in [1.54, 1.807) is 19.1 Å². The zero-order valence-electron chi connectivity index (χ0n) is 10.3. The number of rotatable bonds is 4. The highest BCUT2D eigenvalue weighted by Crippen LogP contribution is 2.27. The standard InChI is InChI=1S/C14H20FNO/c1-10-4-2-7-13(14(10)15)17-9-8-11-5-3-6-12(11)16/h2,4,7,11-12H,3,5-6,8-9,16H2,1H3. The molecule has 2 atom stereocenters. The van der Waals surface area contributed by atoms with E-state index in [0.717, 1.165) is 12.8 Å². The Morgan fingerprint density at radius 1 is 1.41 bits per heavy atom. The second-order valence-electron chi connectivity index (χ2n) is 4.88. The minimum atomic E-state index is -0.247. The van der Waals surface area contributed by atoms with Gasteiger partial charge in [-0.05, 0) is 43.7 Å². The van der Waals surface area contributed by atoms with E-state index in [0.29, 0.717) is 29.9 Å². The Morgan fingerprint density at radius 2 is 2.24 bits per heavy atom. The molecule has 1 aliphatic rings. The molecule has 2 nitrogen and oxygen atoms in total. The van der Waals surface area contributed by atoms with Gasteiger partial charge in [0, 0.05) is 6.04 Å². The number of ether oxygens (including phenoxy) is 1. The number of hydrogen-bond donors (Lipinski definition) is 1. The maximum Gasteiger partial charge on any atom is 0.167 e. The Bertz CT molecular complexity index is 380. The van der Waals surface area contributed by atoms with E-state index < -0.39 is 0 Å². The van der Waals surface area contributed by atoms with Crippen LogP contribution in [0.25, 0.3) is 0 Å². The highest BCUT2D eigenvalue weighted by atomic mass is 19.1. The van der Waals surface area contributed by atoms with Crippen molar-refractivity contribution in [1.82, 2.24) is 0 Å². The van der Waals surface area contributed by atoms with Gasteiger partial charge in [0.15, 0.2) is 11.6 Å². The summed E-state index contributed by atoms with van der Waals surface area (Å²) in [5.74, 6) is 0.655. The van der Waals surface area contributed by atoms with Crippen molar-refractivity contribution in [1.29, 1.82) is 0 Å². The van der Waals surface area contributed by atoms with Gasteiger partial charge in [0.25, 0.3) is 0 Å². The van der Waals surface area contributed by atoms with Crippen molar-refractivity contribution < 1.29 is 9.13 Å². The van der Waals surface area contributed by atoms with Crippen LogP contribution in [0, 0.1) is 18.7 Å². The molecule has 0 radical (unpaired) electrons. The van der Waals surface area contributed by atoms with Crippen LogP contribution >= 0.6 is 0 Å². The van der Waals surface area contributed by atoms with Crippen LogP contribution in [0.2, 0.25) is 0 Å². The molecule has 0 heterocycles. The van der Waals surface area contributed by atoms with Gasteiger partial charge < -0.3 is 10.5 Å². The second kappa shape index (κ2) is 5.50. The van der Waals surface area contributed by atoms with Gasteiger partial charge in [0.1, 0.15) is 0 Å². The molecule has 3 heteroatoms. The smallest absolute Gasteiger partial charge is 0.167 e. The lowest BCUT2D eigenvalue weighted by molar-refractivity contribution is 0.260. The zero-order valence-corrected chi connectivity index (χ0v) is 10.3. The van der Waals surface area contributed by atoms with Crippen LogP contribution in [0.3, 0.4) is 0 Å². The van der Waals surface area contributed by atoms with E-state index in [9.17, 15) is 4.39 Å². The topological polar surface area (TPSA) is 35.2 Å². The first-order valence-electron chi connectivity index (χ1n) is 6.32. The Balaban J connectivity index is 1.84. The highest BCUT2D eigenvalue weighted by molar-refractivity contribution is 5.29. The fourth-order valence-corrected chi connectivity index (χ4v) is 2.48. The summed E-state index contributed by atoms with van der Waals surface area (Å²) in [5.41, 5.74) is 6.61. The molecule has 0 saturated heterocycles. The SMILES string of the molecule is Cc1cccc(OCCC2CCCC2N)c1F. The molecular formula is C14H20FNO. The van der Waals surface area contributed by atoms with Gasteiger partial charge in [-0.1, -0.05) is 18.6 Å². The van der Waals surface area contributed by atoms with E-state index in [1.807, 2.05) is 6.07 Å². The van der Waals surface area contributed by atoms with Crippen molar-refractivity contribution in [3.05, 3.63) is 29.6 Å². The van der Waals surface area contributed by atoms with E-state index in [4.69, 9.17) is 10.5 Å². The fraction of sp³-hybridized carbons (Fsp3) is 0.571. The monoisotopic (exact) mass is 237 g/mol.